The molecule has 3 rings (SSSR count). The lowest BCUT2D eigenvalue weighted by Gasteiger charge is -2.31. The van der Waals surface area contributed by atoms with E-state index in [-0.39, 0.29) is 30.3 Å². The minimum atomic E-state index is -0.372. The molecular formula is C22H28N2O6. The van der Waals surface area contributed by atoms with Crippen LogP contribution in [0.4, 0.5) is 4.79 Å². The lowest BCUT2D eigenvalue weighted by Crippen LogP contribution is -2.47. The van der Waals surface area contributed by atoms with Crippen molar-refractivity contribution in [2.75, 3.05) is 26.3 Å². The van der Waals surface area contributed by atoms with Crippen LogP contribution in [0.1, 0.15) is 36.5 Å². The van der Waals surface area contributed by atoms with Crippen LogP contribution in [-0.4, -0.2) is 49.2 Å². The molecule has 162 valence electrons. The van der Waals surface area contributed by atoms with E-state index in [9.17, 15) is 14.4 Å². The molecule has 8 heteroatoms. The molecule has 1 aliphatic heterocycles. The Hall–Kier alpha value is -3.03. The van der Waals surface area contributed by atoms with Crippen LogP contribution in [0.25, 0.3) is 11.0 Å². The highest BCUT2D eigenvalue weighted by molar-refractivity contribution is 5.88. The summed E-state index contributed by atoms with van der Waals surface area (Å²) in [4.78, 5) is 37.8. The number of ether oxygens (including phenoxy) is 2. The number of fused-ring (bicyclic) bond motifs is 1. The Morgan fingerprint density at radius 3 is 2.53 bits per heavy atom. The predicted molar refractivity (Wildman–Crippen MR) is 112 cm³/mol. The van der Waals surface area contributed by atoms with Crippen molar-refractivity contribution in [2.45, 2.75) is 46.6 Å². The number of carbonyl (C=O) groups is 2. The van der Waals surface area contributed by atoms with Crippen molar-refractivity contribution in [3.8, 4) is 5.75 Å². The van der Waals surface area contributed by atoms with Crippen molar-refractivity contribution in [2.24, 2.45) is 0 Å². The Kier molecular flexibility index (Phi) is 6.64. The summed E-state index contributed by atoms with van der Waals surface area (Å²) >= 11 is 0. The molecule has 30 heavy (non-hydrogen) atoms. The Bertz CT molecular complexity index is 1000. The third kappa shape index (κ3) is 4.75. The first kappa shape index (κ1) is 21.7. The van der Waals surface area contributed by atoms with E-state index in [2.05, 4.69) is 5.32 Å². The van der Waals surface area contributed by atoms with Gasteiger partial charge in [-0.15, -0.1) is 0 Å². The highest BCUT2D eigenvalue weighted by atomic mass is 16.6. The normalized spacial score (nSPS) is 14.6. The van der Waals surface area contributed by atoms with E-state index in [1.165, 1.54) is 0 Å². The van der Waals surface area contributed by atoms with Gasteiger partial charge < -0.3 is 24.1 Å². The van der Waals surface area contributed by atoms with Crippen LogP contribution in [0, 0.1) is 20.8 Å². The van der Waals surface area contributed by atoms with Crippen molar-refractivity contribution in [3.05, 3.63) is 39.2 Å². The van der Waals surface area contributed by atoms with Gasteiger partial charge in [0.25, 0.3) is 5.91 Å². The van der Waals surface area contributed by atoms with E-state index >= 15 is 0 Å². The first-order valence-electron chi connectivity index (χ1n) is 10.2. The van der Waals surface area contributed by atoms with Gasteiger partial charge in [0, 0.05) is 24.7 Å². The standard InChI is InChI=1S/C22H28N2O6/c1-5-28-22(27)24-8-6-16(7-9-24)23-19(25)12-29-17-10-13(2)11-18-20(17)14(3)15(4)21(26)30-18/h10-11,16H,5-9,12H2,1-4H3,(H,23,25). The maximum atomic E-state index is 12.4. The molecule has 1 aromatic carbocycles. The van der Waals surface area contributed by atoms with E-state index in [4.69, 9.17) is 13.9 Å². The van der Waals surface area contributed by atoms with Gasteiger partial charge in [0.05, 0.1) is 12.0 Å². The number of hydrogen-bond donors (Lipinski definition) is 1. The summed E-state index contributed by atoms with van der Waals surface area (Å²) in [6.07, 6.45) is 1.03. The van der Waals surface area contributed by atoms with Gasteiger partial charge in [-0.05, 0) is 63.8 Å². The van der Waals surface area contributed by atoms with Gasteiger partial charge in [-0.3, -0.25) is 4.79 Å². The molecular weight excluding hydrogens is 388 g/mol. The maximum Gasteiger partial charge on any atom is 0.409 e. The molecule has 0 atom stereocenters. The number of rotatable bonds is 5. The van der Waals surface area contributed by atoms with Crippen LogP contribution in [-0.2, 0) is 9.53 Å². The van der Waals surface area contributed by atoms with Gasteiger partial charge in [0.1, 0.15) is 11.3 Å². The Labute approximate surface area is 175 Å². The third-order valence-corrected chi connectivity index (χ3v) is 5.40. The van der Waals surface area contributed by atoms with Crippen molar-refractivity contribution < 1.29 is 23.5 Å². The highest BCUT2D eigenvalue weighted by Crippen LogP contribution is 2.30. The first-order valence-corrected chi connectivity index (χ1v) is 10.2. The summed E-state index contributed by atoms with van der Waals surface area (Å²) in [5, 5.41) is 3.66. The number of aryl methyl sites for hydroxylation is 2. The van der Waals surface area contributed by atoms with Gasteiger partial charge in [0.15, 0.2) is 6.61 Å². The van der Waals surface area contributed by atoms with Crippen LogP contribution < -0.4 is 15.7 Å². The summed E-state index contributed by atoms with van der Waals surface area (Å²) in [5.41, 5.74) is 2.25. The second-order valence-corrected chi connectivity index (χ2v) is 7.59. The number of piperidine rings is 1. The van der Waals surface area contributed by atoms with E-state index < -0.39 is 0 Å². The lowest BCUT2D eigenvalue weighted by atomic mass is 10.0. The quantitative estimate of drug-likeness (QED) is 0.753. The van der Waals surface area contributed by atoms with Crippen LogP contribution in [0.15, 0.2) is 21.3 Å². The molecule has 2 heterocycles. The number of hydrogen-bond acceptors (Lipinski definition) is 6. The fraction of sp³-hybridized carbons (Fsp3) is 0.500. The fourth-order valence-corrected chi connectivity index (χ4v) is 3.64. The van der Waals surface area contributed by atoms with Crippen LogP contribution >= 0.6 is 0 Å². The second kappa shape index (κ2) is 9.19. The zero-order chi connectivity index (χ0) is 21.8. The predicted octanol–water partition coefficient (Wildman–Crippen LogP) is 2.83. The number of benzene rings is 1. The zero-order valence-electron chi connectivity index (χ0n) is 17.9. The summed E-state index contributed by atoms with van der Waals surface area (Å²) in [6, 6.07) is 3.61. The number of nitrogens with zero attached hydrogens (tertiary/aromatic N) is 1. The molecule has 0 spiro atoms. The van der Waals surface area contributed by atoms with Gasteiger partial charge in [-0.25, -0.2) is 9.59 Å². The summed E-state index contributed by atoms with van der Waals surface area (Å²) in [5.74, 6) is 0.285. The number of amides is 2. The monoisotopic (exact) mass is 416 g/mol. The van der Waals surface area contributed by atoms with Gasteiger partial charge in [-0.1, -0.05) is 0 Å². The topological polar surface area (TPSA) is 98.1 Å². The first-order chi connectivity index (χ1) is 14.3. The molecule has 1 fully saturated rings. The Balaban J connectivity index is 1.62. The van der Waals surface area contributed by atoms with Crippen molar-refractivity contribution in [1.82, 2.24) is 10.2 Å². The Morgan fingerprint density at radius 2 is 1.87 bits per heavy atom. The van der Waals surface area contributed by atoms with Crippen molar-refractivity contribution in [1.29, 1.82) is 0 Å². The number of likely N-dealkylation sites (tertiary alicyclic amines) is 1. The second-order valence-electron chi connectivity index (χ2n) is 7.59. The van der Waals surface area contributed by atoms with Crippen LogP contribution in [0.3, 0.4) is 0 Å². The molecule has 2 aromatic rings. The van der Waals surface area contributed by atoms with Crippen molar-refractivity contribution >= 4 is 23.0 Å². The summed E-state index contributed by atoms with van der Waals surface area (Å²) in [7, 11) is 0. The average Bonchev–Trinajstić information content (AvgIpc) is 2.70. The third-order valence-electron chi connectivity index (χ3n) is 5.40. The SMILES string of the molecule is CCOC(=O)N1CCC(NC(=O)COc2cc(C)cc3oc(=O)c(C)c(C)c23)CC1. The van der Waals surface area contributed by atoms with E-state index in [1.807, 2.05) is 19.9 Å². The van der Waals surface area contributed by atoms with Crippen LogP contribution in [0.2, 0.25) is 0 Å². The van der Waals surface area contributed by atoms with Gasteiger partial charge in [-0.2, -0.15) is 0 Å². The fourth-order valence-electron chi connectivity index (χ4n) is 3.64. The minimum Gasteiger partial charge on any atom is -0.483 e. The molecule has 0 saturated carbocycles. The summed E-state index contributed by atoms with van der Waals surface area (Å²) < 4.78 is 16.2. The van der Waals surface area contributed by atoms with E-state index in [0.29, 0.717) is 54.8 Å². The number of nitrogens with one attached hydrogen (secondary N) is 1. The molecule has 2 amide bonds. The molecule has 1 saturated heterocycles. The summed E-state index contributed by atoms with van der Waals surface area (Å²) in [6.45, 7) is 8.50. The molecule has 8 nitrogen and oxygen atoms in total. The average molecular weight is 416 g/mol. The molecule has 1 aliphatic rings. The minimum absolute atomic E-state index is 0.0111. The molecule has 1 N–H and O–H groups in total. The largest absolute Gasteiger partial charge is 0.483 e. The van der Waals surface area contributed by atoms with E-state index in [0.717, 1.165) is 11.1 Å². The maximum absolute atomic E-state index is 12.4. The van der Waals surface area contributed by atoms with Crippen molar-refractivity contribution in [3.63, 3.8) is 0 Å². The van der Waals surface area contributed by atoms with Crippen LogP contribution in [0.5, 0.6) is 5.75 Å². The molecule has 1 aromatic heterocycles. The zero-order valence-corrected chi connectivity index (χ0v) is 17.9. The molecule has 0 bridgehead atoms. The molecule has 0 radical (unpaired) electrons. The number of carbonyl (C=O) groups excluding carboxylic acids is 2. The molecule has 0 unspecified atom stereocenters. The van der Waals surface area contributed by atoms with Gasteiger partial charge in [0.2, 0.25) is 0 Å². The highest BCUT2D eigenvalue weighted by Gasteiger charge is 2.24. The smallest absolute Gasteiger partial charge is 0.409 e. The van der Waals surface area contributed by atoms with Gasteiger partial charge >= 0.3 is 11.7 Å². The lowest BCUT2D eigenvalue weighted by molar-refractivity contribution is -0.124. The Morgan fingerprint density at radius 1 is 1.17 bits per heavy atom. The molecule has 0 aliphatic carbocycles. The van der Waals surface area contributed by atoms with E-state index in [1.54, 1.807) is 24.8 Å².